The van der Waals surface area contributed by atoms with Crippen LogP contribution in [0.15, 0.2) is 53.5 Å². The van der Waals surface area contributed by atoms with E-state index in [1.54, 1.807) is 41.3 Å². The van der Waals surface area contributed by atoms with Crippen LogP contribution in [0.1, 0.15) is 28.8 Å². The Labute approximate surface area is 189 Å². The first-order valence-corrected chi connectivity index (χ1v) is 10.8. The molecule has 2 amide bonds. The van der Waals surface area contributed by atoms with Gasteiger partial charge in [0.1, 0.15) is 17.8 Å². The van der Waals surface area contributed by atoms with Crippen LogP contribution < -0.4 is 10.9 Å². The van der Waals surface area contributed by atoms with Gasteiger partial charge in [-0.15, -0.1) is 0 Å². The van der Waals surface area contributed by atoms with Crippen molar-refractivity contribution in [2.45, 2.75) is 32.0 Å². The summed E-state index contributed by atoms with van der Waals surface area (Å²) in [5.41, 5.74) is 0.523. The summed E-state index contributed by atoms with van der Waals surface area (Å²) in [5, 5.41) is 13.4. The third kappa shape index (κ3) is 4.51. The largest absolute Gasteiger partial charge is 0.394 e. The number of nitrogens with one attached hydrogen (secondary N) is 1. The molecule has 1 aliphatic rings. The van der Waals surface area contributed by atoms with Crippen molar-refractivity contribution in [3.63, 3.8) is 0 Å². The molecule has 2 N–H and O–H groups in total. The maximum absolute atomic E-state index is 13.2. The first kappa shape index (κ1) is 22.0. The van der Waals surface area contributed by atoms with Gasteiger partial charge in [-0.3, -0.25) is 19.0 Å². The van der Waals surface area contributed by atoms with Crippen molar-refractivity contribution in [3.8, 4) is 0 Å². The summed E-state index contributed by atoms with van der Waals surface area (Å²) in [7, 11) is 0. The molecular formula is C23H23ClN4O4. The average Bonchev–Trinajstić information content (AvgIpc) is 3.29. The molecule has 2 aromatic heterocycles. The zero-order valence-corrected chi connectivity index (χ0v) is 18.1. The van der Waals surface area contributed by atoms with Gasteiger partial charge in [-0.1, -0.05) is 23.7 Å². The van der Waals surface area contributed by atoms with Gasteiger partial charge in [0.25, 0.3) is 11.5 Å². The number of rotatable bonds is 6. The second-order valence-corrected chi connectivity index (χ2v) is 8.18. The van der Waals surface area contributed by atoms with E-state index < -0.39 is 11.5 Å². The molecule has 1 atom stereocenters. The molecule has 1 unspecified atom stereocenters. The van der Waals surface area contributed by atoms with Crippen LogP contribution in [0.4, 0.5) is 0 Å². The van der Waals surface area contributed by atoms with E-state index in [2.05, 4.69) is 10.3 Å². The number of hydrogen-bond acceptors (Lipinski definition) is 5. The van der Waals surface area contributed by atoms with Crippen LogP contribution in [0.2, 0.25) is 5.02 Å². The van der Waals surface area contributed by atoms with E-state index in [9.17, 15) is 19.5 Å². The minimum absolute atomic E-state index is 0.0626. The van der Waals surface area contributed by atoms with Crippen molar-refractivity contribution in [3.05, 3.63) is 75.2 Å². The molecule has 1 saturated heterocycles. The molecule has 3 heterocycles. The molecule has 32 heavy (non-hydrogen) atoms. The summed E-state index contributed by atoms with van der Waals surface area (Å²) in [6, 6.07) is 11.7. The monoisotopic (exact) mass is 454 g/mol. The third-order valence-corrected chi connectivity index (χ3v) is 5.91. The van der Waals surface area contributed by atoms with E-state index in [0.717, 1.165) is 18.4 Å². The second kappa shape index (κ2) is 9.50. The van der Waals surface area contributed by atoms with Gasteiger partial charge in [-0.2, -0.15) is 0 Å². The number of benzene rings is 1. The Morgan fingerprint density at radius 1 is 1.22 bits per heavy atom. The van der Waals surface area contributed by atoms with Gasteiger partial charge in [0.05, 0.1) is 12.6 Å². The summed E-state index contributed by atoms with van der Waals surface area (Å²) >= 11 is 5.89. The lowest BCUT2D eigenvalue weighted by Gasteiger charge is -2.23. The number of halogens is 1. The van der Waals surface area contributed by atoms with Gasteiger partial charge in [-0.05, 0) is 48.7 Å². The fourth-order valence-electron chi connectivity index (χ4n) is 3.98. The highest BCUT2D eigenvalue weighted by atomic mass is 35.5. The molecule has 3 aromatic rings. The Morgan fingerprint density at radius 2 is 2.00 bits per heavy atom. The van der Waals surface area contributed by atoms with Crippen LogP contribution in [0, 0.1) is 0 Å². The van der Waals surface area contributed by atoms with Gasteiger partial charge >= 0.3 is 0 Å². The third-order valence-electron chi connectivity index (χ3n) is 5.66. The molecule has 0 saturated carbocycles. The van der Waals surface area contributed by atoms with E-state index in [1.165, 1.54) is 16.8 Å². The van der Waals surface area contributed by atoms with Gasteiger partial charge in [0, 0.05) is 29.7 Å². The van der Waals surface area contributed by atoms with Crippen molar-refractivity contribution in [2.75, 3.05) is 13.2 Å². The van der Waals surface area contributed by atoms with Crippen LogP contribution in [-0.2, 0) is 17.9 Å². The van der Waals surface area contributed by atoms with E-state index >= 15 is 0 Å². The number of aromatic nitrogens is 2. The molecule has 1 aromatic carbocycles. The summed E-state index contributed by atoms with van der Waals surface area (Å²) in [6.07, 6.45) is 3.07. The minimum atomic E-state index is -0.585. The Bertz CT molecular complexity index is 1210. The number of aliphatic hydroxyl groups excluding tert-OH is 1. The zero-order valence-electron chi connectivity index (χ0n) is 17.3. The number of pyridine rings is 2. The lowest BCUT2D eigenvalue weighted by atomic mass is 10.1. The fourth-order valence-corrected chi connectivity index (χ4v) is 4.10. The Morgan fingerprint density at radius 3 is 2.75 bits per heavy atom. The number of hydrogen-bond donors (Lipinski definition) is 2. The topological polar surface area (TPSA) is 105 Å². The fraction of sp³-hybridized carbons (Fsp3) is 0.304. The standard InChI is InChI=1S/C23H23ClN4O4/c24-17-7-5-15(6-8-17)12-26-22(31)19-11-16-3-1-9-25-21(16)28(23(19)32)13-20(30)27-10-2-4-18(27)14-29/h1,3,5-9,11,18,29H,2,4,10,12-14H2,(H,26,31). The number of amides is 2. The predicted octanol–water partition coefficient (Wildman–Crippen LogP) is 1.96. The highest BCUT2D eigenvalue weighted by molar-refractivity contribution is 6.30. The van der Waals surface area contributed by atoms with E-state index in [-0.39, 0.29) is 37.2 Å². The minimum Gasteiger partial charge on any atom is -0.394 e. The van der Waals surface area contributed by atoms with Crippen LogP contribution in [0.3, 0.4) is 0 Å². The van der Waals surface area contributed by atoms with Crippen LogP contribution in [0.25, 0.3) is 11.0 Å². The quantitative estimate of drug-likeness (QED) is 0.592. The predicted molar refractivity (Wildman–Crippen MR) is 120 cm³/mol. The summed E-state index contributed by atoms with van der Waals surface area (Å²) in [4.78, 5) is 44.8. The summed E-state index contributed by atoms with van der Waals surface area (Å²) in [6.45, 7) is 0.394. The Hall–Kier alpha value is -3.23. The average molecular weight is 455 g/mol. The molecule has 4 rings (SSSR count). The smallest absolute Gasteiger partial charge is 0.265 e. The number of nitrogens with zero attached hydrogens (tertiary/aromatic N) is 3. The molecule has 1 fully saturated rings. The molecule has 0 bridgehead atoms. The highest BCUT2D eigenvalue weighted by Gasteiger charge is 2.29. The van der Waals surface area contributed by atoms with Crippen molar-refractivity contribution in [1.29, 1.82) is 0 Å². The maximum Gasteiger partial charge on any atom is 0.265 e. The molecule has 0 radical (unpaired) electrons. The van der Waals surface area contributed by atoms with E-state index in [4.69, 9.17) is 11.6 Å². The first-order chi connectivity index (χ1) is 15.5. The Kier molecular flexibility index (Phi) is 6.53. The van der Waals surface area contributed by atoms with Gasteiger partial charge in [0.15, 0.2) is 0 Å². The van der Waals surface area contributed by atoms with Crippen molar-refractivity contribution < 1.29 is 14.7 Å². The summed E-state index contributed by atoms with van der Waals surface area (Å²) in [5.74, 6) is -0.819. The lowest BCUT2D eigenvalue weighted by molar-refractivity contribution is -0.133. The van der Waals surface area contributed by atoms with Crippen LogP contribution in [0.5, 0.6) is 0 Å². The van der Waals surface area contributed by atoms with E-state index in [0.29, 0.717) is 22.6 Å². The number of carbonyl (C=O) groups is 2. The summed E-state index contributed by atoms with van der Waals surface area (Å²) < 4.78 is 1.24. The number of likely N-dealkylation sites (tertiary alicyclic amines) is 1. The van der Waals surface area contributed by atoms with Gasteiger partial charge < -0.3 is 15.3 Å². The maximum atomic E-state index is 13.2. The molecule has 8 nitrogen and oxygen atoms in total. The second-order valence-electron chi connectivity index (χ2n) is 7.74. The molecule has 1 aliphatic heterocycles. The highest BCUT2D eigenvalue weighted by Crippen LogP contribution is 2.18. The molecular weight excluding hydrogens is 432 g/mol. The zero-order chi connectivity index (χ0) is 22.7. The van der Waals surface area contributed by atoms with Crippen molar-refractivity contribution in [2.24, 2.45) is 0 Å². The number of aliphatic hydroxyl groups is 1. The SMILES string of the molecule is O=C(NCc1ccc(Cl)cc1)c1cc2cccnc2n(CC(=O)N2CCCC2CO)c1=O. The van der Waals surface area contributed by atoms with Gasteiger partial charge in [-0.25, -0.2) is 4.98 Å². The van der Waals surface area contributed by atoms with Crippen molar-refractivity contribution >= 4 is 34.4 Å². The number of carbonyl (C=O) groups excluding carboxylic acids is 2. The molecule has 166 valence electrons. The van der Waals surface area contributed by atoms with Gasteiger partial charge in [0.2, 0.25) is 5.91 Å². The van der Waals surface area contributed by atoms with E-state index in [1.807, 2.05) is 0 Å². The normalized spacial score (nSPS) is 15.8. The van der Waals surface area contributed by atoms with Crippen molar-refractivity contribution in [1.82, 2.24) is 19.8 Å². The van der Waals surface area contributed by atoms with Crippen LogP contribution in [-0.4, -0.2) is 50.6 Å². The van der Waals surface area contributed by atoms with Crippen LogP contribution >= 0.6 is 11.6 Å². The number of fused-ring (bicyclic) bond motifs is 1. The molecule has 0 aliphatic carbocycles. The molecule has 9 heteroatoms. The molecule has 0 spiro atoms. The lowest BCUT2D eigenvalue weighted by Crippen LogP contribution is -2.42. The first-order valence-electron chi connectivity index (χ1n) is 10.4. The Balaban J connectivity index is 1.63.